The minimum absolute atomic E-state index is 0.0825. The molecule has 0 aliphatic rings. The molecule has 0 atom stereocenters. The number of hydrogen-bond donors (Lipinski definition) is 0. The van der Waals surface area contributed by atoms with Gasteiger partial charge >= 0.3 is 331 Å². The summed E-state index contributed by atoms with van der Waals surface area (Å²) in [5.41, 5.74) is 7.97. The molecule has 0 bridgehead atoms. The van der Waals surface area contributed by atoms with Crippen molar-refractivity contribution in [2.24, 2.45) is 0 Å². The SMILES string of the molecule is CC(C)c1cc(C(c2ccccc2)c2ccccc2)c([N]([GeH])[Si](OC(C)(C)C)(OC(C)(C)C)OC(C)(C)C)c(C(c2ccccc2)c2ccccc2)c1. The van der Waals surface area contributed by atoms with Crippen molar-refractivity contribution >= 4 is 31.4 Å². The number of rotatable bonds is 12. The van der Waals surface area contributed by atoms with Gasteiger partial charge in [-0.2, -0.15) is 0 Å². The molecule has 0 unspecified atom stereocenters. The van der Waals surface area contributed by atoms with Crippen LogP contribution in [0.25, 0.3) is 0 Å². The van der Waals surface area contributed by atoms with Crippen molar-refractivity contribution in [3.63, 3.8) is 0 Å². The molecule has 0 N–H and O–H groups in total. The fourth-order valence-electron chi connectivity index (χ4n) is 6.95. The summed E-state index contributed by atoms with van der Waals surface area (Å²) in [6, 6.07) is 48.5. The second-order valence-electron chi connectivity index (χ2n) is 17.2. The second kappa shape index (κ2) is 16.5. The Bertz CT molecular complexity index is 1670. The van der Waals surface area contributed by atoms with E-state index in [1.54, 1.807) is 0 Å². The van der Waals surface area contributed by atoms with E-state index in [4.69, 9.17) is 13.3 Å². The standard InChI is InChI=1S/C47H59GeNO3Si/c1-34(2)39-32-40(42(35-24-16-12-17-25-35)36-26-18-13-19-27-36)44(41(33-39)43(37-28-20-14-21-29-37)38-30-22-15-23-31-38)49(48)53(50-45(3,4)5,51-46(6,7)8)52-47(9,10)11/h12-34,42-43,48H,1-11H3. The number of nitrogens with zero attached hydrogens (tertiary/aromatic N) is 1. The Morgan fingerprint density at radius 3 is 0.943 bits per heavy atom. The van der Waals surface area contributed by atoms with Gasteiger partial charge in [-0.1, -0.05) is 0 Å². The van der Waals surface area contributed by atoms with Gasteiger partial charge in [0.25, 0.3) is 0 Å². The zero-order valence-corrected chi connectivity index (χ0v) is 37.1. The van der Waals surface area contributed by atoms with Crippen LogP contribution >= 0.6 is 0 Å². The maximum atomic E-state index is 7.30. The Morgan fingerprint density at radius 1 is 0.453 bits per heavy atom. The molecule has 5 aromatic rings. The van der Waals surface area contributed by atoms with E-state index in [2.05, 4.69) is 213 Å². The first kappa shape index (κ1) is 40.7. The van der Waals surface area contributed by atoms with Gasteiger partial charge in [-0.05, 0) is 0 Å². The Labute approximate surface area is 329 Å². The van der Waals surface area contributed by atoms with Crippen molar-refractivity contribution in [2.75, 3.05) is 3.52 Å². The van der Waals surface area contributed by atoms with Crippen LogP contribution in [0.2, 0.25) is 0 Å². The van der Waals surface area contributed by atoms with Crippen LogP contribution in [0.5, 0.6) is 0 Å². The van der Waals surface area contributed by atoms with Crippen molar-refractivity contribution in [2.45, 2.75) is 111 Å². The molecular formula is C47H59GeNO3Si. The van der Waals surface area contributed by atoms with E-state index >= 15 is 0 Å². The predicted octanol–water partition coefficient (Wildman–Crippen LogP) is 11.7. The van der Waals surface area contributed by atoms with Gasteiger partial charge in [0.1, 0.15) is 0 Å². The van der Waals surface area contributed by atoms with Crippen LogP contribution in [0.3, 0.4) is 0 Å². The normalized spacial score (nSPS) is 12.9. The fourth-order valence-corrected chi connectivity index (χ4v) is 11.8. The predicted molar refractivity (Wildman–Crippen MR) is 226 cm³/mol. The Kier molecular flexibility index (Phi) is 12.7. The third-order valence-electron chi connectivity index (χ3n) is 8.85. The Morgan fingerprint density at radius 2 is 0.717 bits per heavy atom. The first-order valence-electron chi connectivity index (χ1n) is 18.9. The van der Waals surface area contributed by atoms with Crippen LogP contribution in [0.4, 0.5) is 5.69 Å². The molecule has 53 heavy (non-hydrogen) atoms. The molecule has 5 aromatic carbocycles. The first-order chi connectivity index (χ1) is 24.9. The molecule has 0 saturated carbocycles. The van der Waals surface area contributed by atoms with E-state index < -0.39 is 25.8 Å². The van der Waals surface area contributed by atoms with Gasteiger partial charge in [-0.15, -0.1) is 0 Å². The summed E-state index contributed by atoms with van der Waals surface area (Å²) in [7, 11) is -3.79. The average Bonchev–Trinajstić information content (AvgIpc) is 3.08. The Hall–Kier alpha value is -3.46. The topological polar surface area (TPSA) is 30.9 Å². The Balaban J connectivity index is 2.01. The molecule has 0 saturated heterocycles. The molecule has 0 aliphatic heterocycles. The summed E-state index contributed by atoms with van der Waals surface area (Å²) in [4.78, 5) is 0. The molecule has 278 valence electrons. The van der Waals surface area contributed by atoms with E-state index in [0.717, 1.165) is 5.69 Å². The summed E-state index contributed by atoms with van der Waals surface area (Å²) in [6.07, 6.45) is 0. The maximum absolute atomic E-state index is 7.30. The van der Waals surface area contributed by atoms with E-state index in [0.29, 0.717) is 0 Å². The summed E-state index contributed by atoms with van der Waals surface area (Å²) < 4.78 is 24.3. The zero-order valence-electron chi connectivity index (χ0n) is 33.7. The molecule has 0 heterocycles. The second-order valence-corrected chi connectivity index (χ2v) is 21.6. The molecule has 0 spiro atoms. The monoisotopic (exact) mass is 787 g/mol. The summed E-state index contributed by atoms with van der Waals surface area (Å²) in [5.74, 6) is 0.114. The van der Waals surface area contributed by atoms with E-state index in [1.807, 2.05) is 0 Å². The van der Waals surface area contributed by atoms with E-state index in [1.165, 1.54) is 55.7 Å². The van der Waals surface area contributed by atoms with Gasteiger partial charge in [-0.3, -0.25) is 0 Å². The molecule has 4 nitrogen and oxygen atoms in total. The van der Waals surface area contributed by atoms with Crippen molar-refractivity contribution in [1.82, 2.24) is 0 Å². The van der Waals surface area contributed by atoms with Crippen molar-refractivity contribution in [3.05, 3.63) is 172 Å². The molecular weight excluding hydrogens is 727 g/mol. The number of benzene rings is 5. The quantitative estimate of drug-likeness (QED) is 0.0931. The van der Waals surface area contributed by atoms with Crippen molar-refractivity contribution < 1.29 is 13.3 Å². The van der Waals surface area contributed by atoms with Gasteiger partial charge in [0.2, 0.25) is 0 Å². The van der Waals surface area contributed by atoms with Crippen LogP contribution in [0.1, 0.15) is 133 Å². The third-order valence-corrected chi connectivity index (χ3v) is 14.8. The molecule has 0 aromatic heterocycles. The van der Waals surface area contributed by atoms with Gasteiger partial charge < -0.3 is 0 Å². The van der Waals surface area contributed by atoms with Crippen LogP contribution in [-0.4, -0.2) is 42.5 Å². The van der Waals surface area contributed by atoms with Crippen LogP contribution in [0, 0.1) is 0 Å². The molecule has 0 aliphatic carbocycles. The van der Waals surface area contributed by atoms with Gasteiger partial charge in [0.15, 0.2) is 0 Å². The number of hydrogen-bond acceptors (Lipinski definition) is 4. The van der Waals surface area contributed by atoms with Crippen LogP contribution < -0.4 is 3.52 Å². The molecule has 2 radical (unpaired) electrons. The van der Waals surface area contributed by atoms with Crippen molar-refractivity contribution in [3.8, 4) is 0 Å². The third kappa shape index (κ3) is 10.4. The van der Waals surface area contributed by atoms with Gasteiger partial charge in [0.05, 0.1) is 0 Å². The van der Waals surface area contributed by atoms with E-state index in [9.17, 15) is 0 Å². The minimum atomic E-state index is -3.79. The number of anilines is 1. The van der Waals surface area contributed by atoms with Gasteiger partial charge in [-0.25, -0.2) is 0 Å². The first-order valence-corrected chi connectivity index (χ1v) is 21.7. The van der Waals surface area contributed by atoms with Crippen molar-refractivity contribution in [1.29, 1.82) is 0 Å². The van der Waals surface area contributed by atoms with E-state index in [-0.39, 0.29) is 17.8 Å². The van der Waals surface area contributed by atoms with Gasteiger partial charge in [0, 0.05) is 0 Å². The summed E-state index contributed by atoms with van der Waals surface area (Å²) >= 11 is 1.44. The molecule has 0 amide bonds. The fraction of sp³-hybridized carbons (Fsp3) is 0.362. The van der Waals surface area contributed by atoms with Crippen LogP contribution in [0.15, 0.2) is 133 Å². The summed E-state index contributed by atoms with van der Waals surface area (Å²) in [6.45, 7) is 23.5. The summed E-state index contributed by atoms with van der Waals surface area (Å²) in [5, 5.41) is 0. The average molecular weight is 787 g/mol. The molecule has 5 rings (SSSR count). The zero-order chi connectivity index (χ0) is 38.6. The molecule has 6 heteroatoms. The van der Waals surface area contributed by atoms with Crippen LogP contribution in [-0.2, 0) is 13.3 Å². The molecule has 0 fully saturated rings.